The molecule has 2 aromatic rings. The zero-order valence-corrected chi connectivity index (χ0v) is 17.1. The highest BCUT2D eigenvalue weighted by atomic mass is 79.9. The van der Waals surface area contributed by atoms with Crippen LogP contribution in [0.2, 0.25) is 0 Å². The molecule has 0 heterocycles. The van der Waals surface area contributed by atoms with E-state index in [9.17, 15) is 0 Å². The molecule has 3 aliphatic carbocycles. The minimum absolute atomic E-state index is 1.04. The van der Waals surface area contributed by atoms with Crippen LogP contribution in [0.1, 0.15) is 43.2 Å². The number of benzene rings is 2. The van der Waals surface area contributed by atoms with Crippen molar-refractivity contribution in [1.82, 2.24) is 0 Å². The summed E-state index contributed by atoms with van der Waals surface area (Å²) < 4.78 is 2.40. The number of halogens is 2. The van der Waals surface area contributed by atoms with Crippen LogP contribution in [0.4, 0.5) is 0 Å². The molecule has 0 unspecified atom stereocenters. The van der Waals surface area contributed by atoms with Crippen molar-refractivity contribution in [3.8, 4) is 0 Å². The Labute approximate surface area is 164 Å². The Bertz CT molecular complexity index is 1170. The molecule has 0 saturated heterocycles. The molecule has 0 spiro atoms. The van der Waals surface area contributed by atoms with E-state index in [0.29, 0.717) is 0 Å². The third-order valence-electron chi connectivity index (χ3n) is 5.58. The van der Waals surface area contributed by atoms with Crippen molar-refractivity contribution in [2.75, 3.05) is 0 Å². The van der Waals surface area contributed by atoms with E-state index in [0.717, 1.165) is 10.9 Å². The van der Waals surface area contributed by atoms with Gasteiger partial charge in [-0.05, 0) is 94.0 Å². The summed E-state index contributed by atoms with van der Waals surface area (Å²) in [4.78, 5) is 0. The molecular formula is C23H18Br2. The second-order valence-corrected chi connectivity index (χ2v) is 8.85. The fraction of sp³-hybridized carbons (Fsp3) is 0.217. The second-order valence-electron chi connectivity index (χ2n) is 7.08. The monoisotopic (exact) mass is 452 g/mol. The van der Waals surface area contributed by atoms with Gasteiger partial charge in [0.2, 0.25) is 0 Å². The van der Waals surface area contributed by atoms with Gasteiger partial charge in [-0.25, -0.2) is 0 Å². The van der Waals surface area contributed by atoms with E-state index in [-0.39, 0.29) is 0 Å². The lowest BCUT2D eigenvalue weighted by Gasteiger charge is -2.13. The number of allylic oxidation sites excluding steroid dienone is 4. The molecule has 0 aliphatic heterocycles. The summed E-state index contributed by atoms with van der Waals surface area (Å²) >= 11 is 7.57. The first-order valence-corrected chi connectivity index (χ1v) is 10.5. The Balaban J connectivity index is 1.98. The van der Waals surface area contributed by atoms with E-state index in [1.807, 2.05) is 0 Å². The maximum Gasteiger partial charge on any atom is 0.0259 e. The molecule has 25 heavy (non-hydrogen) atoms. The summed E-state index contributed by atoms with van der Waals surface area (Å²) in [5, 5.41) is 5.48. The van der Waals surface area contributed by atoms with Gasteiger partial charge in [-0.1, -0.05) is 61.7 Å². The van der Waals surface area contributed by atoms with Crippen molar-refractivity contribution < 1.29 is 0 Å². The molecule has 0 atom stereocenters. The van der Waals surface area contributed by atoms with Crippen molar-refractivity contribution in [2.24, 2.45) is 0 Å². The van der Waals surface area contributed by atoms with Crippen molar-refractivity contribution >= 4 is 49.1 Å². The van der Waals surface area contributed by atoms with E-state index in [2.05, 4.69) is 80.4 Å². The van der Waals surface area contributed by atoms with Crippen LogP contribution >= 0.6 is 31.9 Å². The average Bonchev–Trinajstić information content (AvgIpc) is 3.34. The van der Waals surface area contributed by atoms with Crippen LogP contribution in [0, 0.1) is 10.4 Å². The van der Waals surface area contributed by atoms with Gasteiger partial charge in [0.1, 0.15) is 0 Å². The molecule has 2 heteroatoms. The molecule has 0 amide bonds. The molecular weight excluding hydrogens is 436 g/mol. The molecule has 0 nitrogen and oxygen atoms in total. The van der Waals surface area contributed by atoms with Crippen molar-refractivity contribution in [3.63, 3.8) is 0 Å². The van der Waals surface area contributed by atoms with Crippen LogP contribution in [-0.2, 0) is 0 Å². The Morgan fingerprint density at radius 3 is 2.52 bits per heavy atom. The number of hydrogen-bond donors (Lipinski definition) is 0. The van der Waals surface area contributed by atoms with Crippen LogP contribution in [-0.4, -0.2) is 0 Å². The van der Waals surface area contributed by atoms with E-state index in [1.165, 1.54) is 67.7 Å². The van der Waals surface area contributed by atoms with Crippen LogP contribution < -0.4 is 10.4 Å². The molecule has 0 N–H and O–H groups in total. The van der Waals surface area contributed by atoms with E-state index >= 15 is 0 Å². The quantitative estimate of drug-likeness (QED) is 0.442. The van der Waals surface area contributed by atoms with Gasteiger partial charge in [-0.2, -0.15) is 0 Å². The van der Waals surface area contributed by atoms with Crippen LogP contribution in [0.15, 0.2) is 51.4 Å². The van der Waals surface area contributed by atoms with E-state index < -0.39 is 0 Å². The van der Waals surface area contributed by atoms with Crippen molar-refractivity contribution in [2.45, 2.75) is 32.1 Å². The topological polar surface area (TPSA) is 0 Å². The van der Waals surface area contributed by atoms with Gasteiger partial charge in [0.15, 0.2) is 0 Å². The summed E-state index contributed by atoms with van der Waals surface area (Å²) in [7, 11) is 0. The zero-order valence-electron chi connectivity index (χ0n) is 13.9. The standard InChI is InChI=1S/C23H18Br2/c24-17-10-9-16-11-20-19(18(16)12-17)13-21(25)23(15-7-3-4-8-15)22(20)14-5-1-2-6-14/h1-2,5,9-13H,3-4,6-8H2. The van der Waals surface area contributed by atoms with Gasteiger partial charge in [-0.3, -0.25) is 0 Å². The molecule has 0 bridgehead atoms. The first kappa shape index (κ1) is 15.8. The number of fused-ring (bicyclic) bond motifs is 2. The largest absolute Gasteiger partial charge is 0.0801 e. The fourth-order valence-electron chi connectivity index (χ4n) is 4.44. The molecule has 1 saturated carbocycles. The fourth-order valence-corrected chi connectivity index (χ4v) is 5.51. The summed E-state index contributed by atoms with van der Waals surface area (Å²) in [6, 6.07) is 8.95. The Kier molecular flexibility index (Phi) is 3.87. The minimum atomic E-state index is 1.04. The summed E-state index contributed by atoms with van der Waals surface area (Å²) in [5.74, 6) is 0. The number of rotatable bonds is 1. The van der Waals surface area contributed by atoms with Gasteiger partial charge >= 0.3 is 0 Å². The van der Waals surface area contributed by atoms with Crippen LogP contribution in [0.3, 0.4) is 0 Å². The maximum atomic E-state index is 3.93. The molecule has 5 rings (SSSR count). The van der Waals surface area contributed by atoms with E-state index in [4.69, 9.17) is 0 Å². The molecule has 124 valence electrons. The first-order valence-electron chi connectivity index (χ1n) is 8.94. The Morgan fingerprint density at radius 1 is 0.920 bits per heavy atom. The molecule has 2 aromatic carbocycles. The van der Waals surface area contributed by atoms with Gasteiger partial charge in [0, 0.05) is 8.95 Å². The lowest BCUT2D eigenvalue weighted by atomic mass is 9.93. The average molecular weight is 454 g/mol. The van der Waals surface area contributed by atoms with Gasteiger partial charge in [0.25, 0.3) is 0 Å². The zero-order chi connectivity index (χ0) is 17.0. The predicted octanol–water partition coefficient (Wildman–Crippen LogP) is 5.71. The smallest absolute Gasteiger partial charge is 0.0259 e. The van der Waals surface area contributed by atoms with Gasteiger partial charge in [0.05, 0.1) is 0 Å². The third-order valence-corrected chi connectivity index (χ3v) is 6.70. The molecule has 0 aromatic heterocycles. The van der Waals surface area contributed by atoms with Crippen LogP contribution in [0.5, 0.6) is 0 Å². The molecule has 3 aliphatic rings. The molecule has 1 fully saturated rings. The van der Waals surface area contributed by atoms with E-state index in [1.54, 1.807) is 5.57 Å². The highest BCUT2D eigenvalue weighted by Gasteiger charge is 2.19. The lowest BCUT2D eigenvalue weighted by molar-refractivity contribution is 0.886. The normalized spacial score (nSPS) is 17.5. The SMILES string of the molecule is Brc1ccc2c(c1)=c1cc(Br)c(=C3CCCC3)c(C3=CC=CC3)c1C=2. The van der Waals surface area contributed by atoms with Gasteiger partial charge < -0.3 is 0 Å². The van der Waals surface area contributed by atoms with Gasteiger partial charge in [-0.15, -0.1) is 0 Å². The minimum Gasteiger partial charge on any atom is -0.0801 e. The maximum absolute atomic E-state index is 3.93. The predicted molar refractivity (Wildman–Crippen MR) is 112 cm³/mol. The highest BCUT2D eigenvalue weighted by molar-refractivity contribution is 9.10. The summed E-state index contributed by atoms with van der Waals surface area (Å²) in [6.07, 6.45) is 15.3. The highest BCUT2D eigenvalue weighted by Crippen LogP contribution is 2.32. The summed E-state index contributed by atoms with van der Waals surface area (Å²) in [6.45, 7) is 0. The van der Waals surface area contributed by atoms with Crippen molar-refractivity contribution in [3.05, 3.63) is 83.4 Å². The number of hydrogen-bond acceptors (Lipinski definition) is 0. The second kappa shape index (κ2) is 6.10. The first-order chi connectivity index (χ1) is 12.2. The summed E-state index contributed by atoms with van der Waals surface area (Å²) in [5.41, 5.74) is 5.94. The Hall–Kier alpha value is -1.38. The molecule has 0 radical (unpaired) electrons. The third kappa shape index (κ3) is 2.53. The van der Waals surface area contributed by atoms with Crippen LogP contribution in [0.25, 0.3) is 17.2 Å². The Morgan fingerprint density at radius 2 is 1.76 bits per heavy atom. The van der Waals surface area contributed by atoms with Crippen molar-refractivity contribution in [1.29, 1.82) is 0 Å². The lowest BCUT2D eigenvalue weighted by Crippen LogP contribution is -2.16.